The van der Waals surface area contributed by atoms with Crippen molar-refractivity contribution in [2.45, 2.75) is 33.5 Å². The molecular formula is C28H29N9O4. The number of methoxy groups -OCH3 is 1. The fraction of sp³-hybridized carbons (Fsp3) is 0.214. The second-order valence-corrected chi connectivity index (χ2v) is 9.33. The number of rotatable bonds is 10. The Morgan fingerprint density at radius 2 is 1.73 bits per heavy atom. The first kappa shape index (κ1) is 27.1. The van der Waals surface area contributed by atoms with Gasteiger partial charge in [0.05, 0.1) is 35.7 Å². The predicted octanol–water partition coefficient (Wildman–Crippen LogP) is 2.63. The van der Waals surface area contributed by atoms with Crippen molar-refractivity contribution in [3.63, 3.8) is 0 Å². The van der Waals surface area contributed by atoms with Crippen molar-refractivity contribution in [2.75, 3.05) is 12.4 Å². The van der Waals surface area contributed by atoms with Crippen molar-refractivity contribution >= 4 is 45.7 Å². The molecular weight excluding hydrogens is 526 g/mol. The number of nitrogens with one attached hydrogen (secondary N) is 1. The quantitative estimate of drug-likeness (QED) is 0.222. The van der Waals surface area contributed by atoms with Crippen LogP contribution in [0.1, 0.15) is 43.8 Å². The number of anilines is 1. The van der Waals surface area contributed by atoms with Crippen LogP contribution >= 0.6 is 0 Å². The normalized spacial score (nSPS) is 11.5. The number of allylic oxidation sites excluding steroid dienone is 2. The van der Waals surface area contributed by atoms with Crippen LogP contribution < -0.4 is 21.5 Å². The van der Waals surface area contributed by atoms with E-state index in [0.717, 1.165) is 11.2 Å². The van der Waals surface area contributed by atoms with Crippen molar-refractivity contribution < 1.29 is 19.1 Å². The molecule has 0 radical (unpaired) electrons. The summed E-state index contributed by atoms with van der Waals surface area (Å²) in [6, 6.07) is 9.94. The number of carbonyl (C=O) groups is 3. The first-order valence-electron chi connectivity index (χ1n) is 12.8. The largest absolute Gasteiger partial charge is 0.494 e. The molecule has 0 aliphatic rings. The van der Waals surface area contributed by atoms with Crippen LogP contribution in [0.2, 0.25) is 0 Å². The third kappa shape index (κ3) is 5.24. The summed E-state index contributed by atoms with van der Waals surface area (Å²) in [5.41, 5.74) is 15.2. The number of amides is 3. The van der Waals surface area contributed by atoms with Crippen molar-refractivity contribution in [3.8, 4) is 5.75 Å². The number of imidazole rings is 2. The number of carbonyl (C=O) groups excluding carboxylic acids is 3. The minimum atomic E-state index is -0.622. The van der Waals surface area contributed by atoms with Gasteiger partial charge in [0.1, 0.15) is 17.0 Å². The number of primary amides is 2. The minimum absolute atomic E-state index is 0.235. The standard InChI is InChI=1S/C28H29N9O4/c1-4-37-22(11-16(2)34-37)27(40)33-28-32-20-13-18(26(30)39)14-23(41-3)24(20)36(28)10-6-5-9-35-15-31-19-12-17(25(29)38)7-8-21(19)35/h5-8,11-15H,4,9-10H2,1-3H3,(H2,29,38)(H2,30,39)(H,32,33,40). The van der Waals surface area contributed by atoms with E-state index in [0.29, 0.717) is 53.2 Å². The van der Waals surface area contributed by atoms with Crippen LogP contribution in [0.25, 0.3) is 22.1 Å². The maximum atomic E-state index is 13.3. The van der Waals surface area contributed by atoms with E-state index in [1.165, 1.54) is 7.11 Å². The Labute approximate surface area is 234 Å². The highest BCUT2D eigenvalue weighted by atomic mass is 16.5. The summed E-state index contributed by atoms with van der Waals surface area (Å²) in [7, 11) is 1.49. The Morgan fingerprint density at radius 3 is 2.44 bits per heavy atom. The Balaban J connectivity index is 1.47. The van der Waals surface area contributed by atoms with E-state index < -0.39 is 11.8 Å². The molecule has 41 heavy (non-hydrogen) atoms. The molecule has 0 saturated heterocycles. The van der Waals surface area contributed by atoms with Crippen LogP contribution in [0.4, 0.5) is 5.95 Å². The van der Waals surface area contributed by atoms with Crippen molar-refractivity contribution in [1.29, 1.82) is 0 Å². The van der Waals surface area contributed by atoms with E-state index in [2.05, 4.69) is 20.4 Å². The fourth-order valence-electron chi connectivity index (χ4n) is 4.67. The molecule has 0 aliphatic heterocycles. The van der Waals surface area contributed by atoms with Crippen LogP contribution in [0.5, 0.6) is 5.75 Å². The average molecular weight is 556 g/mol. The van der Waals surface area contributed by atoms with Gasteiger partial charge in [0, 0.05) is 30.8 Å². The van der Waals surface area contributed by atoms with Crippen molar-refractivity contribution in [1.82, 2.24) is 28.9 Å². The number of hydrogen-bond donors (Lipinski definition) is 3. The number of aromatic nitrogens is 6. The maximum absolute atomic E-state index is 13.3. The lowest BCUT2D eigenvalue weighted by atomic mass is 10.1. The lowest BCUT2D eigenvalue weighted by molar-refractivity contribution is 0.0992. The molecule has 5 N–H and O–H groups in total. The Bertz CT molecular complexity index is 1840. The molecule has 3 amide bonds. The summed E-state index contributed by atoms with van der Waals surface area (Å²) in [6.45, 7) is 5.07. The lowest BCUT2D eigenvalue weighted by Gasteiger charge is -2.11. The van der Waals surface area contributed by atoms with Crippen LogP contribution in [0, 0.1) is 6.92 Å². The van der Waals surface area contributed by atoms with Crippen molar-refractivity contribution in [3.05, 3.63) is 77.4 Å². The number of hydrogen-bond acceptors (Lipinski definition) is 7. The Hall–Kier alpha value is -5.46. The molecule has 0 aliphatic carbocycles. The van der Waals surface area contributed by atoms with Gasteiger partial charge in [-0.1, -0.05) is 12.2 Å². The van der Waals surface area contributed by atoms with Gasteiger partial charge in [-0.3, -0.25) is 24.4 Å². The molecule has 0 fully saturated rings. The Kier molecular flexibility index (Phi) is 7.25. The first-order valence-corrected chi connectivity index (χ1v) is 12.8. The molecule has 0 unspecified atom stereocenters. The minimum Gasteiger partial charge on any atom is -0.494 e. The van der Waals surface area contributed by atoms with Crippen molar-refractivity contribution in [2.24, 2.45) is 11.5 Å². The van der Waals surface area contributed by atoms with E-state index in [9.17, 15) is 14.4 Å². The zero-order chi connectivity index (χ0) is 29.3. The summed E-state index contributed by atoms with van der Waals surface area (Å²) in [5, 5.41) is 7.24. The number of aryl methyl sites for hydroxylation is 2. The van der Waals surface area contributed by atoms with E-state index in [-0.39, 0.29) is 17.4 Å². The lowest BCUT2D eigenvalue weighted by Crippen LogP contribution is -2.20. The molecule has 3 aromatic heterocycles. The fourth-order valence-corrected chi connectivity index (χ4v) is 4.67. The topological polar surface area (TPSA) is 178 Å². The highest BCUT2D eigenvalue weighted by Crippen LogP contribution is 2.31. The van der Waals surface area contributed by atoms with E-state index >= 15 is 0 Å². The van der Waals surface area contributed by atoms with Gasteiger partial charge in [-0.2, -0.15) is 5.10 Å². The third-order valence-corrected chi connectivity index (χ3v) is 6.63. The van der Waals surface area contributed by atoms with E-state index in [4.69, 9.17) is 16.2 Å². The number of nitrogens with two attached hydrogens (primary N) is 2. The average Bonchev–Trinajstić information content (AvgIpc) is 3.64. The molecule has 5 aromatic rings. The molecule has 0 spiro atoms. The summed E-state index contributed by atoms with van der Waals surface area (Å²) in [6.07, 6.45) is 5.55. The van der Waals surface area contributed by atoms with Crippen LogP contribution in [-0.2, 0) is 19.6 Å². The summed E-state index contributed by atoms with van der Waals surface area (Å²) < 4.78 is 10.9. The maximum Gasteiger partial charge on any atom is 0.276 e. The van der Waals surface area contributed by atoms with Gasteiger partial charge in [0.25, 0.3) is 5.91 Å². The number of benzene rings is 2. The van der Waals surface area contributed by atoms with Gasteiger partial charge in [0.15, 0.2) is 0 Å². The molecule has 5 rings (SSSR count). The summed E-state index contributed by atoms with van der Waals surface area (Å²) in [4.78, 5) is 45.6. The van der Waals surface area contributed by atoms with Gasteiger partial charge < -0.3 is 25.3 Å². The molecule has 13 heteroatoms. The van der Waals surface area contributed by atoms with Crippen LogP contribution in [-0.4, -0.2) is 53.7 Å². The molecule has 13 nitrogen and oxygen atoms in total. The van der Waals surface area contributed by atoms with Crippen LogP contribution in [0.15, 0.2) is 54.9 Å². The van der Waals surface area contributed by atoms with Gasteiger partial charge in [0.2, 0.25) is 17.8 Å². The zero-order valence-corrected chi connectivity index (χ0v) is 22.8. The molecule has 2 aromatic carbocycles. The van der Waals surface area contributed by atoms with Gasteiger partial charge in [-0.05, 0) is 50.2 Å². The second-order valence-electron chi connectivity index (χ2n) is 9.33. The zero-order valence-electron chi connectivity index (χ0n) is 22.8. The smallest absolute Gasteiger partial charge is 0.276 e. The summed E-state index contributed by atoms with van der Waals surface area (Å²) >= 11 is 0. The van der Waals surface area contributed by atoms with Gasteiger partial charge >= 0.3 is 0 Å². The molecule has 0 bridgehead atoms. The van der Waals surface area contributed by atoms with Gasteiger partial charge in [-0.25, -0.2) is 9.97 Å². The van der Waals surface area contributed by atoms with E-state index in [1.807, 2.05) is 30.6 Å². The monoisotopic (exact) mass is 555 g/mol. The number of ether oxygens (including phenoxy) is 1. The summed E-state index contributed by atoms with van der Waals surface area (Å²) in [5.74, 6) is -0.851. The molecule has 210 valence electrons. The second kappa shape index (κ2) is 11.0. The van der Waals surface area contributed by atoms with Gasteiger partial charge in [-0.15, -0.1) is 0 Å². The van der Waals surface area contributed by atoms with Crippen LogP contribution in [0.3, 0.4) is 0 Å². The SMILES string of the molecule is CCn1nc(C)cc1C(=O)Nc1nc2cc(C(N)=O)cc(OC)c2n1CC=CCn1cnc2cc(C(N)=O)ccc21. The third-order valence-electron chi connectivity index (χ3n) is 6.63. The highest BCUT2D eigenvalue weighted by Gasteiger charge is 2.21. The molecule has 0 saturated carbocycles. The first-order chi connectivity index (χ1) is 19.7. The predicted molar refractivity (Wildman–Crippen MR) is 153 cm³/mol. The number of nitrogens with zero attached hydrogens (tertiary/aromatic N) is 6. The number of fused-ring (bicyclic) bond motifs is 2. The molecule has 0 atom stereocenters. The van der Waals surface area contributed by atoms with E-state index in [1.54, 1.807) is 52.0 Å². The highest BCUT2D eigenvalue weighted by molar-refractivity contribution is 6.04. The molecule has 3 heterocycles. The Morgan fingerprint density at radius 1 is 1.00 bits per heavy atom.